The van der Waals surface area contributed by atoms with E-state index in [9.17, 15) is 10.2 Å². The monoisotopic (exact) mass is 582 g/mol. The number of fused-ring (bicyclic) bond motifs is 2. The second kappa shape index (κ2) is 11.8. The first-order chi connectivity index (χ1) is 21.2. The third-order valence-electron chi connectivity index (χ3n) is 9.27. The topological polar surface area (TPSA) is 46.5 Å². The molecule has 0 fully saturated rings. The van der Waals surface area contributed by atoms with Gasteiger partial charge in [-0.05, 0) is 75.2 Å². The van der Waals surface area contributed by atoms with E-state index < -0.39 is 0 Å². The molecule has 0 atom stereocenters. The van der Waals surface area contributed by atoms with Gasteiger partial charge in [-0.3, -0.25) is 0 Å². The van der Waals surface area contributed by atoms with Gasteiger partial charge in [0.1, 0.15) is 24.6 Å². The molecule has 0 radical (unpaired) electrons. The van der Waals surface area contributed by atoms with Crippen molar-refractivity contribution in [1.82, 2.24) is 0 Å². The lowest BCUT2D eigenvalue weighted by Gasteiger charge is -2.15. The van der Waals surface area contributed by atoms with Crippen LogP contribution in [0.3, 0.4) is 0 Å². The van der Waals surface area contributed by atoms with Gasteiger partial charge in [0.2, 0.25) is 11.4 Å². The normalized spacial score (nSPS) is 16.7. The van der Waals surface area contributed by atoms with Gasteiger partial charge < -0.3 is 10.2 Å². The molecule has 44 heavy (non-hydrogen) atoms. The van der Waals surface area contributed by atoms with Crippen molar-refractivity contribution < 1.29 is 19.4 Å². The van der Waals surface area contributed by atoms with E-state index in [2.05, 4.69) is 110 Å². The van der Waals surface area contributed by atoms with E-state index in [-0.39, 0.29) is 22.3 Å². The predicted molar refractivity (Wildman–Crippen MR) is 182 cm³/mol. The van der Waals surface area contributed by atoms with Crippen LogP contribution < -0.4 is 0 Å². The fourth-order valence-corrected chi connectivity index (χ4v) is 6.82. The van der Waals surface area contributed by atoms with Crippen molar-refractivity contribution in [3.05, 3.63) is 131 Å². The minimum atomic E-state index is -0.109. The van der Waals surface area contributed by atoms with Crippen molar-refractivity contribution in [1.29, 1.82) is 0 Å². The summed E-state index contributed by atoms with van der Waals surface area (Å²) in [5.74, 6) is 0.565. The van der Waals surface area contributed by atoms with Gasteiger partial charge in [-0.2, -0.15) is 9.15 Å². The van der Waals surface area contributed by atoms with E-state index in [0.717, 1.165) is 37.1 Å². The highest BCUT2D eigenvalue weighted by atomic mass is 16.3. The van der Waals surface area contributed by atoms with E-state index in [1.807, 2.05) is 24.3 Å². The summed E-state index contributed by atoms with van der Waals surface area (Å²) < 4.78 is 5.01. The Morgan fingerprint density at radius 3 is 1.25 bits per heavy atom. The number of phenols is 2. The van der Waals surface area contributed by atoms with E-state index in [1.54, 1.807) is 24.3 Å². The second-order valence-electron chi connectivity index (χ2n) is 12.9. The molecular weight excluding hydrogens is 540 g/mol. The molecule has 0 unspecified atom stereocenters. The zero-order chi connectivity index (χ0) is 30.9. The van der Waals surface area contributed by atoms with Crippen LogP contribution in [0.2, 0.25) is 0 Å². The molecule has 0 bridgehead atoms. The predicted octanol–water partition coefficient (Wildman–Crippen LogP) is 8.76. The molecular formula is C40H42N2O2+2. The maximum absolute atomic E-state index is 9.72. The van der Waals surface area contributed by atoms with Crippen molar-refractivity contribution in [3.8, 4) is 11.5 Å². The minimum absolute atomic E-state index is 0.109. The molecule has 2 aliphatic rings. The van der Waals surface area contributed by atoms with E-state index in [0.29, 0.717) is 0 Å². The molecule has 0 aliphatic carbocycles. The average Bonchev–Trinajstić information content (AvgIpc) is 3.37. The van der Waals surface area contributed by atoms with Crippen LogP contribution in [0.4, 0.5) is 11.4 Å². The van der Waals surface area contributed by atoms with Crippen LogP contribution >= 0.6 is 0 Å². The van der Waals surface area contributed by atoms with Crippen LogP contribution in [0.1, 0.15) is 62.8 Å². The van der Waals surface area contributed by atoms with E-state index in [1.165, 1.54) is 33.9 Å². The summed E-state index contributed by atoms with van der Waals surface area (Å²) in [6, 6.07) is 32.3. The number of rotatable bonds is 9. The lowest BCUT2D eigenvalue weighted by atomic mass is 9.81. The van der Waals surface area contributed by atoms with Gasteiger partial charge in [0.25, 0.3) is 0 Å². The molecule has 0 aromatic heterocycles. The molecule has 0 spiro atoms. The quantitative estimate of drug-likeness (QED) is 0.153. The standard InChI is InChI=1S/C40H40N2O2/c1-39(2)33-11-5-7-13-35(33)41(37(39)25-19-29-15-21-31(43)22-16-29)27-9-10-28-42-36-14-8-6-12-34(36)40(3,4)38(42)26-20-30-17-23-32(44)24-18-30/h5-8,11-26H,9-10,27-28H2,1-4H3/p+2. The van der Waals surface area contributed by atoms with Crippen LogP contribution in [-0.2, 0) is 10.8 Å². The van der Waals surface area contributed by atoms with E-state index >= 15 is 0 Å². The molecule has 222 valence electrons. The number of para-hydroxylation sites is 2. The Morgan fingerprint density at radius 2 is 0.864 bits per heavy atom. The lowest BCUT2D eigenvalue weighted by molar-refractivity contribution is -0.451. The number of benzene rings is 4. The minimum Gasteiger partial charge on any atom is -0.508 e. The third-order valence-corrected chi connectivity index (χ3v) is 9.27. The largest absolute Gasteiger partial charge is 0.508 e. The fourth-order valence-electron chi connectivity index (χ4n) is 6.82. The highest BCUT2D eigenvalue weighted by molar-refractivity contribution is 6.06. The third kappa shape index (κ3) is 5.53. The zero-order valence-electron chi connectivity index (χ0n) is 26.2. The Labute approximate surface area is 261 Å². The molecule has 0 saturated carbocycles. The molecule has 6 rings (SSSR count). The Kier molecular flexibility index (Phi) is 7.85. The van der Waals surface area contributed by atoms with Gasteiger partial charge in [0.05, 0.1) is 10.8 Å². The Balaban J connectivity index is 1.26. The zero-order valence-corrected chi connectivity index (χ0v) is 26.2. The van der Waals surface area contributed by atoms with Crippen molar-refractivity contribution >= 4 is 35.0 Å². The lowest BCUT2D eigenvalue weighted by Crippen LogP contribution is -2.28. The number of aromatic hydroxyl groups is 2. The first kappa shape index (κ1) is 29.4. The second-order valence-corrected chi connectivity index (χ2v) is 12.9. The Morgan fingerprint density at radius 1 is 0.500 bits per heavy atom. The number of hydrogen-bond donors (Lipinski definition) is 2. The molecule has 0 amide bonds. The summed E-state index contributed by atoms with van der Waals surface area (Å²) in [7, 11) is 0. The van der Waals surface area contributed by atoms with Crippen molar-refractivity contribution in [2.24, 2.45) is 0 Å². The highest BCUT2D eigenvalue weighted by Crippen LogP contribution is 2.41. The van der Waals surface area contributed by atoms with Crippen molar-refractivity contribution in [2.45, 2.75) is 51.4 Å². The average molecular weight is 583 g/mol. The fraction of sp³-hybridized carbons (Fsp3) is 0.250. The van der Waals surface area contributed by atoms with Crippen LogP contribution in [0.15, 0.2) is 109 Å². The maximum Gasteiger partial charge on any atom is 0.209 e. The number of allylic oxidation sites excluding steroid dienone is 2. The first-order valence-corrected chi connectivity index (χ1v) is 15.6. The molecule has 4 heteroatoms. The first-order valence-electron chi connectivity index (χ1n) is 15.6. The van der Waals surface area contributed by atoms with Gasteiger partial charge in [-0.15, -0.1) is 0 Å². The number of phenolic OH excluding ortho intramolecular Hbond substituents is 2. The van der Waals surface area contributed by atoms with Crippen LogP contribution in [0.25, 0.3) is 12.2 Å². The van der Waals surface area contributed by atoms with Gasteiger partial charge in [0, 0.05) is 48.3 Å². The summed E-state index contributed by atoms with van der Waals surface area (Å²) >= 11 is 0. The van der Waals surface area contributed by atoms with Crippen molar-refractivity contribution in [2.75, 3.05) is 13.1 Å². The molecule has 4 nitrogen and oxygen atoms in total. The molecule has 4 aromatic rings. The summed E-state index contributed by atoms with van der Waals surface area (Å²) in [4.78, 5) is 0. The van der Waals surface area contributed by atoms with Crippen molar-refractivity contribution in [3.63, 3.8) is 0 Å². The summed E-state index contributed by atoms with van der Waals surface area (Å²) in [5.41, 5.74) is 9.81. The smallest absolute Gasteiger partial charge is 0.209 e. The number of nitrogens with zero attached hydrogens (tertiary/aromatic N) is 2. The van der Waals surface area contributed by atoms with Gasteiger partial charge >= 0.3 is 0 Å². The van der Waals surface area contributed by atoms with Gasteiger partial charge in [-0.25, -0.2) is 0 Å². The number of hydrogen-bond acceptors (Lipinski definition) is 2. The van der Waals surface area contributed by atoms with Crippen LogP contribution in [0.5, 0.6) is 11.5 Å². The Hall–Kier alpha value is -4.70. The SMILES string of the molecule is CC1(C)C(/C=C/c2ccc(O)cc2)=[N+](CCCC[N+]2=C(/C=C/c3ccc(O)cc3)C(C)(C)c3ccccc32)c2ccccc21. The summed E-state index contributed by atoms with van der Waals surface area (Å²) in [6.07, 6.45) is 10.9. The molecule has 2 N–H and O–H groups in total. The molecule has 0 saturated heterocycles. The maximum atomic E-state index is 9.72. The summed E-state index contributed by atoms with van der Waals surface area (Å²) in [5, 5.41) is 19.4. The Bertz CT molecular complexity index is 1670. The molecule has 2 aliphatic heterocycles. The van der Waals surface area contributed by atoms with E-state index in [4.69, 9.17) is 0 Å². The molecule has 4 aromatic carbocycles. The number of unbranched alkanes of at least 4 members (excludes halogenated alkanes) is 1. The van der Waals surface area contributed by atoms with Crippen LogP contribution in [0, 0.1) is 0 Å². The molecule has 2 heterocycles. The van der Waals surface area contributed by atoms with Gasteiger partial charge in [-0.1, -0.05) is 60.7 Å². The van der Waals surface area contributed by atoms with Gasteiger partial charge in [0.15, 0.2) is 11.4 Å². The highest BCUT2D eigenvalue weighted by Gasteiger charge is 2.45. The van der Waals surface area contributed by atoms with Crippen LogP contribution in [-0.4, -0.2) is 43.9 Å². The summed E-state index contributed by atoms with van der Waals surface area (Å²) in [6.45, 7) is 11.1.